The quantitative estimate of drug-likeness (QED) is 0.469. The Kier molecular flexibility index (Phi) is 9.09. The zero-order valence-corrected chi connectivity index (χ0v) is 18.6. The van der Waals surface area contributed by atoms with Crippen LogP contribution in [0.15, 0.2) is 79.0 Å². The average Bonchev–Trinajstić information content (AvgIpc) is 3.11. The number of anilines is 1. The predicted molar refractivity (Wildman–Crippen MR) is 115 cm³/mol. The van der Waals surface area contributed by atoms with Crippen LogP contribution in [0.5, 0.6) is 0 Å². The molecule has 1 heterocycles. The summed E-state index contributed by atoms with van der Waals surface area (Å²) in [5.41, 5.74) is 2.11. The fourth-order valence-corrected chi connectivity index (χ4v) is 4.30. The van der Waals surface area contributed by atoms with E-state index in [1.54, 1.807) is 11.3 Å². The molecule has 0 saturated carbocycles. The van der Waals surface area contributed by atoms with E-state index in [0.29, 0.717) is 12.8 Å². The summed E-state index contributed by atoms with van der Waals surface area (Å²) in [6, 6.07) is 18.1. The smallest absolute Gasteiger partial charge is 0.307 e. The number of halogens is 1. The van der Waals surface area contributed by atoms with E-state index in [4.69, 9.17) is 0 Å². The number of carbonyl (C=O) groups is 1. The van der Waals surface area contributed by atoms with Gasteiger partial charge in [-0.15, -0.1) is 0 Å². The first-order valence-corrected chi connectivity index (χ1v) is 10.3. The maximum absolute atomic E-state index is 11.7. The number of rotatable bonds is 9. The number of hydrogen-bond acceptors (Lipinski definition) is 3. The first-order chi connectivity index (χ1) is 13.7. The van der Waals surface area contributed by atoms with Crippen molar-refractivity contribution in [2.24, 2.45) is 11.8 Å². The summed E-state index contributed by atoms with van der Waals surface area (Å²) in [6.45, 7) is 1.93. The van der Waals surface area contributed by atoms with Gasteiger partial charge in [0.1, 0.15) is 4.70 Å². The lowest BCUT2D eigenvalue weighted by Gasteiger charge is -2.17. The molecule has 0 amide bonds. The Balaban J connectivity index is 0.00000300. The maximum Gasteiger partial charge on any atom is 0.307 e. The monoisotopic (exact) mass is 472 g/mol. The molecular formula is C23H25BrN2O2S. The van der Waals surface area contributed by atoms with Gasteiger partial charge >= 0.3 is 5.97 Å². The highest BCUT2D eigenvalue weighted by Crippen LogP contribution is 2.26. The number of para-hydroxylation sites is 2. The van der Waals surface area contributed by atoms with Crippen LogP contribution in [0.25, 0.3) is 10.2 Å². The lowest BCUT2D eigenvalue weighted by atomic mass is 9.87. The molecule has 3 N–H and O–H groups in total. The van der Waals surface area contributed by atoms with Gasteiger partial charge in [-0.3, -0.25) is 4.79 Å². The van der Waals surface area contributed by atoms with Gasteiger partial charge in [-0.2, -0.15) is 4.98 Å². The number of nitrogens with one attached hydrogen (secondary N) is 2. The van der Waals surface area contributed by atoms with Gasteiger partial charge < -0.3 is 27.4 Å². The SMILES string of the molecule is CCC(C(=O)O)C(C=CC=CNc1ccccc1)Cc1[nH+]c2ccccc2s1.[Br-]. The van der Waals surface area contributed by atoms with Crippen LogP contribution >= 0.6 is 11.3 Å². The topological polar surface area (TPSA) is 63.5 Å². The van der Waals surface area contributed by atoms with Crippen molar-refractivity contribution in [1.29, 1.82) is 0 Å². The van der Waals surface area contributed by atoms with E-state index in [9.17, 15) is 9.90 Å². The zero-order valence-electron chi connectivity index (χ0n) is 16.2. The molecule has 0 aliphatic carbocycles. The van der Waals surface area contributed by atoms with Crippen LogP contribution in [0.3, 0.4) is 0 Å². The van der Waals surface area contributed by atoms with E-state index < -0.39 is 11.9 Å². The van der Waals surface area contributed by atoms with E-state index in [0.717, 1.165) is 16.2 Å². The van der Waals surface area contributed by atoms with Crippen LogP contribution in [0, 0.1) is 11.8 Å². The zero-order chi connectivity index (χ0) is 19.8. The van der Waals surface area contributed by atoms with Crippen molar-refractivity contribution in [2.45, 2.75) is 19.8 Å². The largest absolute Gasteiger partial charge is 1.00 e. The third-order valence-corrected chi connectivity index (χ3v) is 5.77. The van der Waals surface area contributed by atoms with Crippen molar-refractivity contribution in [2.75, 3.05) is 5.32 Å². The van der Waals surface area contributed by atoms with Crippen molar-refractivity contribution in [3.8, 4) is 0 Å². The van der Waals surface area contributed by atoms with Crippen molar-refractivity contribution >= 4 is 33.2 Å². The number of carboxylic acid groups (broad SMARTS) is 1. The molecular weight excluding hydrogens is 448 g/mol. The minimum Gasteiger partial charge on any atom is -1.00 e. The van der Waals surface area contributed by atoms with Crippen LogP contribution in [-0.4, -0.2) is 11.1 Å². The number of H-pyrrole nitrogens is 1. The lowest BCUT2D eigenvalue weighted by molar-refractivity contribution is -0.351. The number of aromatic nitrogens is 1. The van der Waals surface area contributed by atoms with Gasteiger partial charge in [-0.1, -0.05) is 60.7 Å². The van der Waals surface area contributed by atoms with E-state index in [2.05, 4.69) is 16.4 Å². The first kappa shape index (κ1) is 22.8. The van der Waals surface area contributed by atoms with Crippen molar-refractivity contribution in [3.63, 3.8) is 0 Å². The average molecular weight is 473 g/mol. The molecule has 2 unspecified atom stereocenters. The summed E-state index contributed by atoms with van der Waals surface area (Å²) in [7, 11) is 0. The number of benzene rings is 2. The number of fused-ring (bicyclic) bond motifs is 1. The second-order valence-electron chi connectivity index (χ2n) is 6.62. The van der Waals surface area contributed by atoms with Crippen LogP contribution in [-0.2, 0) is 11.2 Å². The van der Waals surface area contributed by atoms with E-state index in [-0.39, 0.29) is 22.9 Å². The Labute approximate surface area is 185 Å². The van der Waals surface area contributed by atoms with Crippen LogP contribution < -0.4 is 27.3 Å². The molecule has 0 radical (unpaired) electrons. The second-order valence-corrected chi connectivity index (χ2v) is 7.76. The van der Waals surface area contributed by atoms with Gasteiger partial charge in [0.2, 0.25) is 10.5 Å². The molecule has 3 rings (SSSR count). The number of carboxylic acids is 1. The van der Waals surface area contributed by atoms with E-state index in [1.165, 1.54) is 4.70 Å². The number of aromatic amines is 1. The number of allylic oxidation sites excluding steroid dienone is 3. The highest BCUT2D eigenvalue weighted by molar-refractivity contribution is 7.18. The van der Waals surface area contributed by atoms with Gasteiger partial charge in [0, 0.05) is 23.9 Å². The number of aliphatic carboxylic acids is 1. The van der Waals surface area contributed by atoms with Gasteiger partial charge in [0.25, 0.3) is 0 Å². The summed E-state index contributed by atoms with van der Waals surface area (Å²) < 4.78 is 1.19. The maximum atomic E-state index is 11.7. The van der Waals surface area contributed by atoms with Crippen molar-refractivity contribution in [3.05, 3.63) is 84.0 Å². The Bertz CT molecular complexity index is 936. The molecule has 3 aromatic rings. The second kappa shape index (κ2) is 11.5. The van der Waals surface area contributed by atoms with Crippen molar-refractivity contribution < 1.29 is 31.9 Å². The minimum absolute atomic E-state index is 0. The number of hydrogen-bond donors (Lipinski definition) is 2. The third kappa shape index (κ3) is 6.54. The van der Waals surface area contributed by atoms with Crippen LogP contribution in [0.1, 0.15) is 18.4 Å². The third-order valence-electron chi connectivity index (χ3n) is 4.68. The molecule has 0 aliphatic rings. The molecule has 29 heavy (non-hydrogen) atoms. The van der Waals surface area contributed by atoms with Crippen LogP contribution in [0.4, 0.5) is 5.69 Å². The van der Waals surface area contributed by atoms with Crippen LogP contribution in [0.2, 0.25) is 0 Å². The van der Waals surface area contributed by atoms with E-state index in [1.807, 2.05) is 79.9 Å². The fraction of sp³-hybridized carbons (Fsp3) is 0.217. The molecule has 0 spiro atoms. The lowest BCUT2D eigenvalue weighted by Crippen LogP contribution is -3.00. The van der Waals surface area contributed by atoms with Crippen molar-refractivity contribution in [1.82, 2.24) is 0 Å². The summed E-state index contributed by atoms with van der Waals surface area (Å²) in [5, 5.41) is 13.9. The minimum atomic E-state index is -0.746. The predicted octanol–water partition coefficient (Wildman–Crippen LogP) is 2.17. The molecule has 1 aromatic heterocycles. The molecule has 4 nitrogen and oxygen atoms in total. The Hall–Kier alpha value is -2.44. The van der Waals surface area contributed by atoms with Gasteiger partial charge in [0.15, 0.2) is 0 Å². The molecule has 152 valence electrons. The van der Waals surface area contributed by atoms with Gasteiger partial charge in [-0.25, -0.2) is 0 Å². The molecule has 0 saturated heterocycles. The highest BCUT2D eigenvalue weighted by Gasteiger charge is 2.27. The highest BCUT2D eigenvalue weighted by atomic mass is 79.9. The first-order valence-electron chi connectivity index (χ1n) is 9.45. The number of thiazole rings is 1. The molecule has 0 aliphatic heterocycles. The Morgan fingerprint density at radius 1 is 1.14 bits per heavy atom. The Morgan fingerprint density at radius 3 is 2.55 bits per heavy atom. The summed E-state index contributed by atoms with van der Waals surface area (Å²) in [5.74, 6) is -1.23. The summed E-state index contributed by atoms with van der Waals surface area (Å²) in [6.07, 6.45) is 8.98. The van der Waals surface area contributed by atoms with Gasteiger partial charge in [-0.05, 0) is 30.7 Å². The van der Waals surface area contributed by atoms with E-state index >= 15 is 0 Å². The fourth-order valence-electron chi connectivity index (χ4n) is 3.22. The standard InChI is InChI=1S/C23H24N2O2S.BrH/c1-2-19(23(26)27)17(10-8-9-15-24-18-11-4-3-5-12-18)16-22-25-20-13-6-7-14-21(20)28-22;/h3-15,17,19,24H,2,16H2,1H3,(H,26,27);1H. The normalized spacial score (nSPS) is 13.4. The summed E-state index contributed by atoms with van der Waals surface area (Å²) in [4.78, 5) is 15.2. The molecule has 6 heteroatoms. The molecule has 0 bridgehead atoms. The molecule has 2 atom stereocenters. The van der Waals surface area contributed by atoms with Gasteiger partial charge in [0.05, 0.1) is 12.3 Å². The molecule has 2 aromatic carbocycles. The summed E-state index contributed by atoms with van der Waals surface area (Å²) >= 11 is 1.69. The molecule has 0 fully saturated rings. The Morgan fingerprint density at radius 2 is 1.86 bits per heavy atom.